The van der Waals surface area contributed by atoms with E-state index in [4.69, 9.17) is 0 Å². The highest BCUT2D eigenvalue weighted by molar-refractivity contribution is 9.11. The molecule has 0 saturated carbocycles. The Hall–Kier alpha value is -0.840. The van der Waals surface area contributed by atoms with Crippen LogP contribution in [0.15, 0.2) is 56.8 Å². The molecule has 0 saturated heterocycles. The van der Waals surface area contributed by atoms with Gasteiger partial charge in [-0.1, -0.05) is 40.2 Å². The van der Waals surface area contributed by atoms with Crippen molar-refractivity contribution < 1.29 is 0 Å². The number of anilines is 1. The SMILES string of the molecule is Brc1ccsc1CNc1ccc(Br)c2ccccc12. The van der Waals surface area contributed by atoms with E-state index in [1.54, 1.807) is 11.3 Å². The van der Waals surface area contributed by atoms with Crippen molar-refractivity contribution in [2.45, 2.75) is 6.54 Å². The Balaban J connectivity index is 1.93. The van der Waals surface area contributed by atoms with E-state index in [1.165, 1.54) is 25.8 Å². The summed E-state index contributed by atoms with van der Waals surface area (Å²) in [5, 5.41) is 8.09. The molecule has 3 rings (SSSR count). The molecule has 0 bridgehead atoms. The van der Waals surface area contributed by atoms with E-state index in [9.17, 15) is 0 Å². The highest BCUT2D eigenvalue weighted by Gasteiger charge is 2.05. The first-order chi connectivity index (χ1) is 9.25. The number of nitrogens with one attached hydrogen (secondary N) is 1. The first-order valence-corrected chi connectivity index (χ1v) is 8.35. The largest absolute Gasteiger partial charge is 0.380 e. The standard InChI is InChI=1S/C15H11Br2NS/c16-12-5-6-14(11-4-2-1-3-10(11)12)18-9-15-13(17)7-8-19-15/h1-8,18H,9H2. The number of halogens is 2. The van der Waals surface area contributed by atoms with E-state index < -0.39 is 0 Å². The lowest BCUT2D eigenvalue weighted by molar-refractivity contribution is 1.19. The maximum atomic E-state index is 3.60. The summed E-state index contributed by atoms with van der Waals surface area (Å²) in [6, 6.07) is 14.7. The van der Waals surface area contributed by atoms with Crippen LogP contribution in [0.25, 0.3) is 10.8 Å². The Labute approximate surface area is 132 Å². The van der Waals surface area contributed by atoms with Crippen LogP contribution >= 0.6 is 43.2 Å². The number of hydrogen-bond donors (Lipinski definition) is 1. The molecule has 0 atom stereocenters. The summed E-state index contributed by atoms with van der Waals surface area (Å²) in [4.78, 5) is 1.31. The van der Waals surface area contributed by atoms with Crippen molar-refractivity contribution in [3.05, 3.63) is 61.7 Å². The Kier molecular flexibility index (Phi) is 3.91. The van der Waals surface area contributed by atoms with Crippen LogP contribution in [0, 0.1) is 0 Å². The van der Waals surface area contributed by atoms with E-state index >= 15 is 0 Å². The van der Waals surface area contributed by atoms with Crippen molar-refractivity contribution in [1.29, 1.82) is 0 Å². The highest BCUT2D eigenvalue weighted by Crippen LogP contribution is 2.31. The van der Waals surface area contributed by atoms with Crippen LogP contribution in [0.1, 0.15) is 4.88 Å². The molecule has 1 heterocycles. The number of rotatable bonds is 3. The van der Waals surface area contributed by atoms with Gasteiger partial charge in [-0.05, 0) is 44.9 Å². The zero-order chi connectivity index (χ0) is 13.2. The van der Waals surface area contributed by atoms with Crippen LogP contribution in [-0.4, -0.2) is 0 Å². The summed E-state index contributed by atoms with van der Waals surface area (Å²) in [6.07, 6.45) is 0. The minimum Gasteiger partial charge on any atom is -0.380 e. The molecule has 0 spiro atoms. The van der Waals surface area contributed by atoms with Gasteiger partial charge in [0, 0.05) is 24.9 Å². The number of benzene rings is 2. The molecular weight excluding hydrogens is 386 g/mol. The third-order valence-electron chi connectivity index (χ3n) is 3.00. The first-order valence-electron chi connectivity index (χ1n) is 5.88. The molecule has 96 valence electrons. The van der Waals surface area contributed by atoms with Gasteiger partial charge in [0.1, 0.15) is 0 Å². The van der Waals surface area contributed by atoms with E-state index in [0.29, 0.717) is 0 Å². The van der Waals surface area contributed by atoms with Gasteiger partial charge in [-0.25, -0.2) is 0 Å². The lowest BCUT2D eigenvalue weighted by Gasteiger charge is -2.10. The topological polar surface area (TPSA) is 12.0 Å². The van der Waals surface area contributed by atoms with Gasteiger partial charge in [0.2, 0.25) is 0 Å². The first kappa shape index (κ1) is 13.2. The second kappa shape index (κ2) is 5.65. The predicted octanol–water partition coefficient (Wildman–Crippen LogP) is 6.04. The van der Waals surface area contributed by atoms with Crippen LogP contribution in [0.3, 0.4) is 0 Å². The molecule has 1 aromatic heterocycles. The lowest BCUT2D eigenvalue weighted by Crippen LogP contribution is -1.98. The van der Waals surface area contributed by atoms with Crippen LogP contribution in [0.5, 0.6) is 0 Å². The monoisotopic (exact) mass is 395 g/mol. The Morgan fingerprint density at radius 1 is 0.895 bits per heavy atom. The average molecular weight is 397 g/mol. The minimum atomic E-state index is 0.837. The molecule has 1 N–H and O–H groups in total. The van der Waals surface area contributed by atoms with Gasteiger partial charge in [-0.15, -0.1) is 11.3 Å². The molecule has 19 heavy (non-hydrogen) atoms. The molecule has 0 amide bonds. The molecule has 0 aliphatic rings. The van der Waals surface area contributed by atoms with Gasteiger partial charge in [0.25, 0.3) is 0 Å². The fraction of sp³-hybridized carbons (Fsp3) is 0.0667. The van der Waals surface area contributed by atoms with Crippen molar-refractivity contribution in [3.63, 3.8) is 0 Å². The minimum absolute atomic E-state index is 0.837. The maximum absolute atomic E-state index is 3.60. The average Bonchev–Trinajstić information content (AvgIpc) is 2.84. The second-order valence-corrected chi connectivity index (χ2v) is 6.90. The van der Waals surface area contributed by atoms with E-state index in [0.717, 1.165) is 11.0 Å². The summed E-state index contributed by atoms with van der Waals surface area (Å²) in [5.74, 6) is 0. The Morgan fingerprint density at radius 2 is 1.68 bits per heavy atom. The van der Waals surface area contributed by atoms with E-state index in [2.05, 4.69) is 85.0 Å². The van der Waals surface area contributed by atoms with Crippen LogP contribution in [0.4, 0.5) is 5.69 Å². The van der Waals surface area contributed by atoms with Crippen molar-refractivity contribution in [3.8, 4) is 0 Å². The van der Waals surface area contributed by atoms with Gasteiger partial charge in [-0.2, -0.15) is 0 Å². The fourth-order valence-electron chi connectivity index (χ4n) is 2.04. The van der Waals surface area contributed by atoms with Crippen LogP contribution in [-0.2, 0) is 6.54 Å². The van der Waals surface area contributed by atoms with Crippen LogP contribution < -0.4 is 5.32 Å². The molecule has 0 aliphatic carbocycles. The third-order valence-corrected chi connectivity index (χ3v) is 5.62. The quantitative estimate of drug-likeness (QED) is 0.569. The summed E-state index contributed by atoms with van der Waals surface area (Å²) < 4.78 is 2.30. The van der Waals surface area contributed by atoms with Crippen LogP contribution in [0.2, 0.25) is 0 Å². The van der Waals surface area contributed by atoms with Gasteiger partial charge in [-0.3, -0.25) is 0 Å². The summed E-state index contributed by atoms with van der Waals surface area (Å²) in [7, 11) is 0. The summed E-state index contributed by atoms with van der Waals surface area (Å²) in [5.41, 5.74) is 1.17. The smallest absolute Gasteiger partial charge is 0.0505 e. The highest BCUT2D eigenvalue weighted by atomic mass is 79.9. The molecule has 4 heteroatoms. The molecule has 0 aliphatic heterocycles. The molecule has 2 aromatic carbocycles. The van der Waals surface area contributed by atoms with Crippen molar-refractivity contribution in [2.75, 3.05) is 5.32 Å². The lowest BCUT2D eigenvalue weighted by atomic mass is 10.1. The zero-order valence-corrected chi connectivity index (χ0v) is 14.0. The maximum Gasteiger partial charge on any atom is 0.0505 e. The third kappa shape index (κ3) is 2.71. The molecule has 0 fully saturated rings. The summed E-state index contributed by atoms with van der Waals surface area (Å²) in [6.45, 7) is 0.837. The summed E-state index contributed by atoms with van der Waals surface area (Å²) >= 11 is 8.92. The van der Waals surface area contributed by atoms with Gasteiger partial charge < -0.3 is 5.32 Å². The van der Waals surface area contributed by atoms with Crippen molar-refractivity contribution in [2.24, 2.45) is 0 Å². The van der Waals surface area contributed by atoms with Gasteiger partial charge in [0.05, 0.1) is 6.54 Å². The zero-order valence-electron chi connectivity index (χ0n) is 9.99. The molecule has 0 unspecified atom stereocenters. The van der Waals surface area contributed by atoms with E-state index in [-0.39, 0.29) is 0 Å². The number of thiophene rings is 1. The normalized spacial score (nSPS) is 10.8. The fourth-order valence-corrected chi connectivity index (χ4v) is 3.95. The number of hydrogen-bond acceptors (Lipinski definition) is 2. The van der Waals surface area contributed by atoms with Gasteiger partial charge in [0.15, 0.2) is 0 Å². The van der Waals surface area contributed by atoms with E-state index in [1.807, 2.05) is 0 Å². The molecular formula is C15H11Br2NS. The Bertz CT molecular complexity index is 721. The Morgan fingerprint density at radius 3 is 2.42 bits per heavy atom. The van der Waals surface area contributed by atoms with Crippen molar-refractivity contribution >= 4 is 59.7 Å². The molecule has 0 radical (unpaired) electrons. The second-order valence-electron chi connectivity index (χ2n) is 4.19. The molecule has 1 nitrogen and oxygen atoms in total. The van der Waals surface area contributed by atoms with Crippen molar-refractivity contribution in [1.82, 2.24) is 0 Å². The predicted molar refractivity (Wildman–Crippen MR) is 91.0 cm³/mol. The molecule has 3 aromatic rings. The number of fused-ring (bicyclic) bond motifs is 1. The van der Waals surface area contributed by atoms with Gasteiger partial charge >= 0.3 is 0 Å².